The fraction of sp³-hybridized carbons (Fsp3) is 0.381. The predicted octanol–water partition coefficient (Wildman–Crippen LogP) is 4.19. The summed E-state index contributed by atoms with van der Waals surface area (Å²) in [5.41, 5.74) is 4.63. The van der Waals surface area contributed by atoms with Crippen LogP contribution in [-0.4, -0.2) is 18.1 Å². The zero-order valence-electron chi connectivity index (χ0n) is 15.1. The van der Waals surface area contributed by atoms with Gasteiger partial charge in [-0.05, 0) is 68.0 Å². The topological polar surface area (TPSA) is 49.8 Å². The number of nitrogens with zero attached hydrogens (tertiary/aromatic N) is 1. The van der Waals surface area contributed by atoms with Gasteiger partial charge in [-0.2, -0.15) is 0 Å². The zero-order valence-corrected chi connectivity index (χ0v) is 15.1. The van der Waals surface area contributed by atoms with Crippen LogP contribution in [0.25, 0.3) is 0 Å². The predicted molar refractivity (Wildman–Crippen MR) is 97.2 cm³/mol. The number of phenolic OH excluding ortho intramolecular Hbond substituents is 1. The molecule has 130 valence electrons. The van der Waals surface area contributed by atoms with E-state index in [1.165, 1.54) is 0 Å². The number of aromatic hydroxyl groups is 1. The second-order valence-corrected chi connectivity index (χ2v) is 7.37. The van der Waals surface area contributed by atoms with E-state index in [2.05, 4.69) is 0 Å². The Morgan fingerprint density at radius 3 is 2.44 bits per heavy atom. The number of benzene rings is 2. The Hall–Kier alpha value is -2.49. The number of aryl methyl sites for hydroxylation is 2. The normalized spacial score (nSPS) is 20.6. The fourth-order valence-electron chi connectivity index (χ4n) is 3.97. The number of carbonyl (C=O) groups excluding carboxylic acids is 1. The van der Waals surface area contributed by atoms with Gasteiger partial charge in [-0.25, -0.2) is 0 Å². The van der Waals surface area contributed by atoms with Crippen LogP contribution in [0.2, 0.25) is 0 Å². The Bertz CT molecular complexity index is 883. The molecule has 1 saturated carbocycles. The van der Waals surface area contributed by atoms with E-state index >= 15 is 0 Å². The molecule has 2 aliphatic rings. The summed E-state index contributed by atoms with van der Waals surface area (Å²) in [6.45, 7) is 5.93. The Kier molecular flexibility index (Phi) is 3.36. The van der Waals surface area contributed by atoms with Crippen LogP contribution >= 0.6 is 0 Å². The van der Waals surface area contributed by atoms with Crippen molar-refractivity contribution in [2.75, 3.05) is 12.0 Å². The highest BCUT2D eigenvalue weighted by molar-refractivity contribution is 6.08. The molecule has 2 aromatic carbocycles. The number of hydrogen-bond donors (Lipinski definition) is 1. The molecule has 0 unspecified atom stereocenters. The molecule has 1 N–H and O–H groups in total. The van der Waals surface area contributed by atoms with E-state index in [-0.39, 0.29) is 23.1 Å². The lowest BCUT2D eigenvalue weighted by Gasteiger charge is -2.48. The number of methoxy groups -OCH3 is 1. The molecule has 4 nitrogen and oxygen atoms in total. The van der Waals surface area contributed by atoms with E-state index in [0.717, 1.165) is 46.5 Å². The van der Waals surface area contributed by atoms with Crippen molar-refractivity contribution in [2.45, 2.75) is 39.7 Å². The molecular formula is C21H23NO3. The highest BCUT2D eigenvalue weighted by atomic mass is 16.5. The van der Waals surface area contributed by atoms with Crippen LogP contribution in [0.3, 0.4) is 0 Å². The molecule has 1 atom stereocenters. The first-order valence-corrected chi connectivity index (χ1v) is 8.67. The third-order valence-corrected chi connectivity index (χ3v) is 5.87. The Labute approximate surface area is 148 Å². The molecule has 0 bridgehead atoms. The summed E-state index contributed by atoms with van der Waals surface area (Å²) >= 11 is 0. The fourth-order valence-corrected chi connectivity index (χ4v) is 3.97. The molecular weight excluding hydrogens is 314 g/mol. The monoisotopic (exact) mass is 337 g/mol. The van der Waals surface area contributed by atoms with Crippen molar-refractivity contribution >= 4 is 11.6 Å². The first-order chi connectivity index (χ1) is 11.9. The molecule has 1 amide bonds. The standard InChI is InChI=1S/C21H23NO3/c1-12-5-6-15(10-17(12)23)19-21(7-8-21)20(24)22(19)16-9-13(2)14(3)18(11-16)25-4/h5-6,9-11,19,23H,7-8H2,1-4H3/t19-/m0/s1. The lowest BCUT2D eigenvalue weighted by Crippen LogP contribution is -2.57. The SMILES string of the molecule is COc1cc(N2C(=O)C3(CC3)[C@@H]2c2ccc(C)c(O)c2)cc(C)c1C. The second kappa shape index (κ2) is 5.25. The smallest absolute Gasteiger partial charge is 0.236 e. The maximum absolute atomic E-state index is 12.9. The molecule has 1 aliphatic carbocycles. The summed E-state index contributed by atoms with van der Waals surface area (Å²) in [6, 6.07) is 9.72. The summed E-state index contributed by atoms with van der Waals surface area (Å²) in [6.07, 6.45) is 1.84. The number of amides is 1. The summed E-state index contributed by atoms with van der Waals surface area (Å²) in [7, 11) is 1.65. The van der Waals surface area contributed by atoms with Gasteiger partial charge in [-0.3, -0.25) is 4.79 Å². The Morgan fingerprint density at radius 2 is 1.84 bits per heavy atom. The quantitative estimate of drug-likeness (QED) is 0.854. The molecule has 1 aliphatic heterocycles. The van der Waals surface area contributed by atoms with Gasteiger partial charge in [0, 0.05) is 11.8 Å². The Morgan fingerprint density at radius 1 is 1.12 bits per heavy atom. The third kappa shape index (κ3) is 2.16. The van der Waals surface area contributed by atoms with E-state index in [4.69, 9.17) is 4.74 Å². The third-order valence-electron chi connectivity index (χ3n) is 5.87. The van der Waals surface area contributed by atoms with Crippen molar-refractivity contribution < 1.29 is 14.6 Å². The molecule has 4 rings (SSSR count). The maximum Gasteiger partial charge on any atom is 0.236 e. The summed E-state index contributed by atoms with van der Waals surface area (Å²) < 4.78 is 5.49. The number of phenols is 1. The molecule has 0 radical (unpaired) electrons. The number of hydrogen-bond acceptors (Lipinski definition) is 3. The first kappa shape index (κ1) is 16.0. The summed E-state index contributed by atoms with van der Waals surface area (Å²) in [5, 5.41) is 10.1. The minimum absolute atomic E-state index is 0.0155. The lowest BCUT2D eigenvalue weighted by molar-refractivity contribution is -0.132. The van der Waals surface area contributed by atoms with Crippen LogP contribution in [0.5, 0.6) is 11.5 Å². The Balaban J connectivity index is 1.80. The molecule has 1 saturated heterocycles. The summed E-state index contributed by atoms with van der Waals surface area (Å²) in [4.78, 5) is 14.8. The minimum atomic E-state index is -0.270. The zero-order chi connectivity index (χ0) is 17.9. The molecule has 25 heavy (non-hydrogen) atoms. The van der Waals surface area contributed by atoms with Crippen molar-refractivity contribution in [3.8, 4) is 11.5 Å². The average molecular weight is 337 g/mol. The number of β-lactam (4-membered cyclic amide) rings is 1. The van der Waals surface area contributed by atoms with Crippen molar-refractivity contribution in [3.63, 3.8) is 0 Å². The molecule has 0 aromatic heterocycles. The molecule has 2 aromatic rings. The van der Waals surface area contributed by atoms with Crippen molar-refractivity contribution in [1.29, 1.82) is 0 Å². The molecule has 1 heterocycles. The van der Waals surface area contributed by atoms with Gasteiger partial charge in [0.25, 0.3) is 0 Å². The molecule has 4 heteroatoms. The van der Waals surface area contributed by atoms with E-state index in [1.54, 1.807) is 13.2 Å². The van der Waals surface area contributed by atoms with E-state index in [0.29, 0.717) is 0 Å². The van der Waals surface area contributed by atoms with Crippen molar-refractivity contribution in [1.82, 2.24) is 0 Å². The summed E-state index contributed by atoms with van der Waals surface area (Å²) in [5.74, 6) is 1.26. The van der Waals surface area contributed by atoms with E-state index < -0.39 is 0 Å². The van der Waals surface area contributed by atoms with Crippen LogP contribution in [0.15, 0.2) is 30.3 Å². The van der Waals surface area contributed by atoms with Gasteiger partial charge in [-0.15, -0.1) is 0 Å². The van der Waals surface area contributed by atoms with E-state index in [1.807, 2.05) is 49.9 Å². The number of carbonyl (C=O) groups is 1. The second-order valence-electron chi connectivity index (χ2n) is 7.37. The van der Waals surface area contributed by atoms with Crippen molar-refractivity contribution in [2.24, 2.45) is 5.41 Å². The average Bonchev–Trinajstić information content (AvgIpc) is 3.40. The van der Waals surface area contributed by atoms with Crippen molar-refractivity contribution in [3.05, 3.63) is 52.6 Å². The van der Waals surface area contributed by atoms with Crippen LogP contribution < -0.4 is 9.64 Å². The van der Waals surface area contributed by atoms with Crippen LogP contribution in [0.4, 0.5) is 5.69 Å². The first-order valence-electron chi connectivity index (χ1n) is 8.67. The van der Waals surface area contributed by atoms with Gasteiger partial charge in [-0.1, -0.05) is 12.1 Å². The van der Waals surface area contributed by atoms with Gasteiger partial charge in [0.2, 0.25) is 5.91 Å². The van der Waals surface area contributed by atoms with Gasteiger partial charge < -0.3 is 14.7 Å². The molecule has 1 spiro atoms. The largest absolute Gasteiger partial charge is 0.508 e. The van der Waals surface area contributed by atoms with Gasteiger partial charge in [0.1, 0.15) is 11.5 Å². The van der Waals surface area contributed by atoms with Gasteiger partial charge >= 0.3 is 0 Å². The van der Waals surface area contributed by atoms with Crippen LogP contribution in [0, 0.1) is 26.2 Å². The minimum Gasteiger partial charge on any atom is -0.508 e. The number of anilines is 1. The lowest BCUT2D eigenvalue weighted by atomic mass is 9.78. The van der Waals surface area contributed by atoms with Gasteiger partial charge in [0.15, 0.2) is 0 Å². The maximum atomic E-state index is 12.9. The highest BCUT2D eigenvalue weighted by Gasteiger charge is 2.68. The number of rotatable bonds is 3. The van der Waals surface area contributed by atoms with E-state index in [9.17, 15) is 9.90 Å². The van der Waals surface area contributed by atoms with Crippen LogP contribution in [0.1, 0.15) is 41.1 Å². The van der Waals surface area contributed by atoms with Gasteiger partial charge in [0.05, 0.1) is 18.6 Å². The number of ether oxygens (including phenoxy) is 1. The molecule has 2 fully saturated rings. The highest BCUT2D eigenvalue weighted by Crippen LogP contribution is 2.66. The van der Waals surface area contributed by atoms with Crippen LogP contribution in [-0.2, 0) is 4.79 Å².